The molecule has 9 nitrogen and oxygen atoms in total. The van der Waals surface area contributed by atoms with Crippen LogP contribution in [-0.2, 0) is 39.3 Å². The number of aliphatic hydroxyl groups is 3. The summed E-state index contributed by atoms with van der Waals surface area (Å²) < 4.78 is 11.0. The van der Waals surface area contributed by atoms with Gasteiger partial charge in [-0.1, -0.05) is 0 Å². The molecular formula is C27H33Br3Cl6N6O3. The van der Waals surface area contributed by atoms with Crippen molar-refractivity contribution in [1.29, 1.82) is 0 Å². The van der Waals surface area contributed by atoms with Gasteiger partial charge in [-0.15, -0.1) is 0 Å². The van der Waals surface area contributed by atoms with Crippen LogP contribution in [0.1, 0.15) is 36.0 Å². The van der Waals surface area contributed by atoms with Gasteiger partial charge in [-0.05, 0) is 104 Å². The third-order valence-electron chi connectivity index (χ3n) is 6.70. The molecule has 0 unspecified atom stereocenters. The van der Waals surface area contributed by atoms with E-state index in [1.165, 1.54) is 0 Å². The Morgan fingerprint density at radius 1 is 0.467 bits per heavy atom. The van der Waals surface area contributed by atoms with E-state index in [2.05, 4.69) is 18.2 Å². The Hall–Kier alpha value is -0.0900. The Morgan fingerprint density at radius 2 is 0.711 bits per heavy atom. The van der Waals surface area contributed by atoms with Gasteiger partial charge in [0.05, 0.1) is 19.6 Å². The highest BCUT2D eigenvalue weighted by atomic mass is 79.9. The molecule has 0 amide bonds. The van der Waals surface area contributed by atoms with E-state index < -0.39 is 0 Å². The first-order valence-electron chi connectivity index (χ1n) is 13.4. The van der Waals surface area contributed by atoms with E-state index in [0.717, 1.165) is 16.7 Å². The number of hydrogen-bond acceptors (Lipinski definition) is 3. The maximum atomic E-state index is 9.23. The molecule has 4 rings (SSSR count). The molecule has 0 fully saturated rings. The molecule has 0 atom stereocenters. The van der Waals surface area contributed by atoms with Crippen molar-refractivity contribution in [3.05, 3.63) is 84.8 Å². The largest absolute Gasteiger partial charge is 1.00 e. The molecule has 0 saturated carbocycles. The van der Waals surface area contributed by atoms with E-state index in [-0.39, 0.29) is 70.8 Å². The Balaban J connectivity index is 0.00000337. The molecule has 252 valence electrons. The maximum Gasteiger partial charge on any atom is 0.255 e. The van der Waals surface area contributed by atoms with Crippen LogP contribution in [0.3, 0.4) is 0 Å². The number of nitrogens with zero attached hydrogens (tertiary/aromatic N) is 6. The van der Waals surface area contributed by atoms with E-state index >= 15 is 0 Å². The van der Waals surface area contributed by atoms with Gasteiger partial charge in [-0.25, -0.2) is 27.4 Å². The van der Waals surface area contributed by atoms with Crippen molar-refractivity contribution >= 4 is 69.6 Å². The SMILES string of the molecule is OCCCn1c[n+](Cc2cc(C[n+]3cn(CCCO)c(Cl)c3Cl)cc(C[n+]3cn(CCCO)c(Cl)c3Cl)c2)c(Cl)c1Cl.[Br-].[Br-].[Br-]. The fraction of sp³-hybridized carbons (Fsp3) is 0.444. The summed E-state index contributed by atoms with van der Waals surface area (Å²) in [6.45, 7) is 3.11. The second kappa shape index (κ2) is 20.4. The topological polar surface area (TPSA) is 87.1 Å². The average Bonchev–Trinajstić information content (AvgIpc) is 3.51. The summed E-state index contributed by atoms with van der Waals surface area (Å²) in [7, 11) is 0. The number of aryl methyl sites for hydroxylation is 3. The Labute approximate surface area is 323 Å². The summed E-state index contributed by atoms with van der Waals surface area (Å²) in [6.07, 6.45) is 7.19. The summed E-state index contributed by atoms with van der Waals surface area (Å²) in [5.41, 5.74) is 2.90. The summed E-state index contributed by atoms with van der Waals surface area (Å²) in [6, 6.07) is 6.21. The molecule has 0 aliphatic rings. The van der Waals surface area contributed by atoms with Crippen molar-refractivity contribution in [2.45, 2.75) is 58.5 Å². The quantitative estimate of drug-likeness (QED) is 0.105. The van der Waals surface area contributed by atoms with Crippen LogP contribution in [0.15, 0.2) is 37.2 Å². The van der Waals surface area contributed by atoms with Gasteiger partial charge in [0.2, 0.25) is 19.0 Å². The van der Waals surface area contributed by atoms with Gasteiger partial charge in [-0.3, -0.25) is 0 Å². The molecule has 45 heavy (non-hydrogen) atoms. The molecule has 3 aromatic heterocycles. The van der Waals surface area contributed by atoms with E-state index in [1.54, 1.807) is 0 Å². The van der Waals surface area contributed by atoms with Crippen LogP contribution in [0.5, 0.6) is 0 Å². The van der Waals surface area contributed by atoms with Crippen LogP contribution >= 0.6 is 69.6 Å². The van der Waals surface area contributed by atoms with Crippen molar-refractivity contribution in [2.24, 2.45) is 0 Å². The van der Waals surface area contributed by atoms with E-state index in [9.17, 15) is 15.3 Å². The molecular weight excluding hydrogens is 909 g/mol. The normalized spacial score (nSPS) is 10.9. The monoisotopic (exact) mass is 936 g/mol. The highest BCUT2D eigenvalue weighted by Crippen LogP contribution is 2.23. The summed E-state index contributed by atoms with van der Waals surface area (Å²) >= 11 is 39.1. The molecule has 1 aromatic carbocycles. The average molecular weight is 942 g/mol. The third kappa shape index (κ3) is 11.0. The molecule has 0 spiro atoms. The highest BCUT2D eigenvalue weighted by molar-refractivity contribution is 6.40. The fourth-order valence-corrected chi connectivity index (χ4v) is 6.09. The summed E-state index contributed by atoms with van der Waals surface area (Å²) in [4.78, 5) is 0. The third-order valence-corrected chi connectivity index (χ3v) is 9.37. The lowest BCUT2D eigenvalue weighted by atomic mass is 10.0. The van der Waals surface area contributed by atoms with Crippen molar-refractivity contribution < 1.29 is 80.0 Å². The predicted octanol–water partition coefficient (Wildman–Crippen LogP) is -4.82. The van der Waals surface area contributed by atoms with Gasteiger partial charge in [0.1, 0.15) is 19.6 Å². The lowest BCUT2D eigenvalue weighted by Crippen LogP contribution is -3.00. The number of benzene rings is 1. The maximum absolute atomic E-state index is 9.23. The van der Waals surface area contributed by atoms with Crippen LogP contribution in [0.2, 0.25) is 30.9 Å². The minimum atomic E-state index is 0. The van der Waals surface area contributed by atoms with Crippen molar-refractivity contribution in [3.8, 4) is 0 Å². The van der Waals surface area contributed by atoms with Gasteiger partial charge in [0, 0.05) is 39.1 Å². The van der Waals surface area contributed by atoms with Gasteiger partial charge in [0.15, 0.2) is 0 Å². The van der Waals surface area contributed by atoms with E-state index in [0.29, 0.717) is 89.4 Å². The number of aromatic nitrogens is 6. The Morgan fingerprint density at radius 3 is 0.933 bits per heavy atom. The number of imidazole rings is 3. The molecule has 0 aliphatic heterocycles. The summed E-state index contributed by atoms with van der Waals surface area (Å²) in [5, 5.41) is 30.1. The summed E-state index contributed by atoms with van der Waals surface area (Å²) in [5.74, 6) is 0. The van der Waals surface area contributed by atoms with Crippen LogP contribution in [0.4, 0.5) is 0 Å². The second-order valence-electron chi connectivity index (χ2n) is 9.94. The van der Waals surface area contributed by atoms with Gasteiger partial charge < -0.3 is 66.3 Å². The standard InChI is InChI=1S/C27H33Cl6N6O3.3BrH/c28-22-25(31)37(16-34(22)4-1-7-40)13-19-10-20(14-38-17-35(5-2-8-41)23(29)26(38)32)12-21(11-19)15-39-18-36(6-3-9-42)24(30)27(39)33;;;/h10-12,16-18,40-42H,1-9,13-15H2;3*1H/q+3;;;/p-3. The first-order valence-corrected chi connectivity index (χ1v) is 15.7. The van der Waals surface area contributed by atoms with Crippen LogP contribution in [-0.4, -0.2) is 48.8 Å². The highest BCUT2D eigenvalue weighted by Gasteiger charge is 2.24. The van der Waals surface area contributed by atoms with Crippen LogP contribution in [0.25, 0.3) is 0 Å². The van der Waals surface area contributed by atoms with E-state index in [1.807, 2.05) is 46.4 Å². The smallest absolute Gasteiger partial charge is 0.255 e. The molecule has 0 saturated heterocycles. The Bertz CT molecular complexity index is 1350. The zero-order valence-corrected chi connectivity index (χ0v) is 33.2. The van der Waals surface area contributed by atoms with Crippen LogP contribution in [0, 0.1) is 0 Å². The minimum Gasteiger partial charge on any atom is -1.00 e. The molecule has 0 aliphatic carbocycles. The predicted molar refractivity (Wildman–Crippen MR) is 163 cm³/mol. The van der Waals surface area contributed by atoms with Crippen molar-refractivity contribution in [3.63, 3.8) is 0 Å². The zero-order valence-electron chi connectivity index (χ0n) is 23.9. The van der Waals surface area contributed by atoms with Crippen molar-refractivity contribution in [1.82, 2.24) is 13.7 Å². The van der Waals surface area contributed by atoms with Gasteiger partial charge in [0.25, 0.3) is 30.9 Å². The van der Waals surface area contributed by atoms with Crippen molar-refractivity contribution in [2.75, 3.05) is 19.8 Å². The minimum absolute atomic E-state index is 0. The molecule has 4 aromatic rings. The van der Waals surface area contributed by atoms with Gasteiger partial charge >= 0.3 is 0 Å². The van der Waals surface area contributed by atoms with E-state index in [4.69, 9.17) is 69.6 Å². The molecule has 3 N–H and O–H groups in total. The molecule has 0 bridgehead atoms. The lowest BCUT2D eigenvalue weighted by molar-refractivity contribution is -0.687. The van der Waals surface area contributed by atoms with Crippen LogP contribution < -0.4 is 64.6 Å². The number of hydrogen-bond donors (Lipinski definition) is 3. The second-order valence-corrected chi connectivity index (χ2v) is 12.1. The first-order chi connectivity index (χ1) is 20.2. The Kier molecular flexibility index (Phi) is 19.5. The first kappa shape index (κ1) is 42.9. The lowest BCUT2D eigenvalue weighted by Gasteiger charge is -2.08. The molecule has 18 heteroatoms. The molecule has 3 heterocycles. The number of aliphatic hydroxyl groups excluding tert-OH is 3. The zero-order chi connectivity index (χ0) is 30.4. The van der Waals surface area contributed by atoms with Gasteiger partial charge in [-0.2, -0.15) is 0 Å². The molecule has 0 radical (unpaired) electrons. The number of rotatable bonds is 15. The number of halogens is 9. The fourth-order valence-electron chi connectivity index (χ4n) is 4.74.